The first kappa shape index (κ1) is 14.3. The van der Waals surface area contributed by atoms with E-state index in [9.17, 15) is 0 Å². The molecular formula is C14H28N2O2. The van der Waals surface area contributed by atoms with E-state index in [1.807, 2.05) is 0 Å². The minimum absolute atomic E-state index is 0.483. The van der Waals surface area contributed by atoms with Crippen molar-refractivity contribution in [1.29, 1.82) is 0 Å². The lowest BCUT2D eigenvalue weighted by Gasteiger charge is -2.41. The van der Waals surface area contributed by atoms with Gasteiger partial charge < -0.3 is 9.47 Å². The number of hydrogen-bond donors (Lipinski definition) is 0. The molecule has 0 radical (unpaired) electrons. The Bertz CT molecular complexity index is 232. The van der Waals surface area contributed by atoms with Gasteiger partial charge in [-0.15, -0.1) is 0 Å². The third-order valence-corrected chi connectivity index (χ3v) is 4.17. The van der Waals surface area contributed by atoms with Crippen LogP contribution in [0.4, 0.5) is 0 Å². The number of ether oxygens (including phenoxy) is 2. The van der Waals surface area contributed by atoms with Gasteiger partial charge in [-0.05, 0) is 26.2 Å². The van der Waals surface area contributed by atoms with Crippen molar-refractivity contribution in [3.05, 3.63) is 0 Å². The van der Waals surface area contributed by atoms with Gasteiger partial charge in [0.05, 0.1) is 12.7 Å². The first-order valence-electron chi connectivity index (χ1n) is 7.36. The maximum atomic E-state index is 5.83. The van der Waals surface area contributed by atoms with E-state index in [4.69, 9.17) is 9.47 Å². The molecule has 2 aliphatic heterocycles. The highest BCUT2D eigenvalue weighted by atomic mass is 16.5. The van der Waals surface area contributed by atoms with E-state index in [0.29, 0.717) is 12.1 Å². The lowest BCUT2D eigenvalue weighted by molar-refractivity contribution is -0.0229. The van der Waals surface area contributed by atoms with Gasteiger partial charge in [-0.2, -0.15) is 0 Å². The Labute approximate surface area is 111 Å². The molecule has 0 bridgehead atoms. The molecule has 0 unspecified atom stereocenters. The third-order valence-electron chi connectivity index (χ3n) is 4.17. The van der Waals surface area contributed by atoms with Crippen LogP contribution in [0.1, 0.15) is 26.2 Å². The normalized spacial score (nSPS) is 31.7. The van der Waals surface area contributed by atoms with Crippen molar-refractivity contribution < 1.29 is 9.47 Å². The standard InChI is InChI=1S/C14H28N2O2/c1-13-11-15(6-7-16(13)8-10-17-2)12-14-5-3-4-9-18-14/h13-14H,3-12H2,1-2H3/t13-,14-/m0/s1. The Morgan fingerprint density at radius 1 is 1.28 bits per heavy atom. The molecule has 2 fully saturated rings. The highest BCUT2D eigenvalue weighted by Crippen LogP contribution is 2.16. The van der Waals surface area contributed by atoms with E-state index in [2.05, 4.69) is 16.7 Å². The molecule has 2 atom stereocenters. The Balaban J connectivity index is 1.70. The smallest absolute Gasteiger partial charge is 0.0702 e. The molecule has 0 N–H and O–H groups in total. The fourth-order valence-corrected chi connectivity index (χ4v) is 3.02. The van der Waals surface area contributed by atoms with Gasteiger partial charge in [0.15, 0.2) is 0 Å². The van der Waals surface area contributed by atoms with Gasteiger partial charge in [-0.1, -0.05) is 0 Å². The van der Waals surface area contributed by atoms with Crippen molar-refractivity contribution in [1.82, 2.24) is 9.80 Å². The Morgan fingerprint density at radius 2 is 2.17 bits per heavy atom. The third kappa shape index (κ3) is 4.19. The summed E-state index contributed by atoms with van der Waals surface area (Å²) in [5.41, 5.74) is 0. The summed E-state index contributed by atoms with van der Waals surface area (Å²) in [5, 5.41) is 0. The van der Waals surface area contributed by atoms with Crippen LogP contribution in [0.15, 0.2) is 0 Å². The Hall–Kier alpha value is -0.160. The minimum atomic E-state index is 0.483. The number of rotatable bonds is 5. The van der Waals surface area contributed by atoms with Gasteiger partial charge in [0.25, 0.3) is 0 Å². The predicted octanol–water partition coefficient (Wildman–Crippen LogP) is 1.21. The lowest BCUT2D eigenvalue weighted by Crippen LogP contribution is -2.54. The molecule has 2 aliphatic rings. The molecule has 2 saturated heterocycles. The van der Waals surface area contributed by atoms with Crippen molar-refractivity contribution in [3.8, 4) is 0 Å². The molecule has 18 heavy (non-hydrogen) atoms. The molecule has 0 aromatic heterocycles. The van der Waals surface area contributed by atoms with Crippen LogP contribution in [-0.2, 0) is 9.47 Å². The Kier molecular flexibility index (Phi) is 5.89. The quantitative estimate of drug-likeness (QED) is 0.738. The van der Waals surface area contributed by atoms with Crippen molar-refractivity contribution in [3.63, 3.8) is 0 Å². The zero-order chi connectivity index (χ0) is 12.8. The number of nitrogens with zero attached hydrogens (tertiary/aromatic N) is 2. The van der Waals surface area contributed by atoms with E-state index in [1.54, 1.807) is 7.11 Å². The highest BCUT2D eigenvalue weighted by molar-refractivity contribution is 4.81. The second-order valence-corrected chi connectivity index (χ2v) is 5.63. The van der Waals surface area contributed by atoms with Gasteiger partial charge in [0.1, 0.15) is 0 Å². The molecule has 0 aromatic carbocycles. The summed E-state index contributed by atoms with van der Waals surface area (Å²) >= 11 is 0. The lowest BCUT2D eigenvalue weighted by atomic mass is 10.1. The summed E-state index contributed by atoms with van der Waals surface area (Å²) in [7, 11) is 1.78. The predicted molar refractivity (Wildman–Crippen MR) is 72.9 cm³/mol. The molecule has 0 saturated carbocycles. The van der Waals surface area contributed by atoms with Crippen molar-refractivity contribution in [2.24, 2.45) is 0 Å². The summed E-state index contributed by atoms with van der Waals surface area (Å²) < 4.78 is 11.0. The molecule has 0 aliphatic carbocycles. The molecule has 0 spiro atoms. The van der Waals surface area contributed by atoms with Crippen LogP contribution in [0, 0.1) is 0 Å². The molecule has 4 heteroatoms. The number of methoxy groups -OCH3 is 1. The average Bonchev–Trinajstić information content (AvgIpc) is 2.39. The van der Waals surface area contributed by atoms with Crippen LogP contribution in [-0.4, -0.2) is 75.0 Å². The largest absolute Gasteiger partial charge is 0.383 e. The van der Waals surface area contributed by atoms with Crippen LogP contribution in [0.3, 0.4) is 0 Å². The van der Waals surface area contributed by atoms with Crippen LogP contribution >= 0.6 is 0 Å². The molecule has 106 valence electrons. The zero-order valence-corrected chi connectivity index (χ0v) is 11.9. The highest BCUT2D eigenvalue weighted by Gasteiger charge is 2.25. The SMILES string of the molecule is COCCN1CCN(C[C@@H]2CCCCO2)C[C@@H]1C. The van der Waals surface area contributed by atoms with Gasteiger partial charge >= 0.3 is 0 Å². The van der Waals surface area contributed by atoms with Gasteiger partial charge in [-0.3, -0.25) is 9.80 Å². The number of hydrogen-bond acceptors (Lipinski definition) is 4. The van der Waals surface area contributed by atoms with E-state index >= 15 is 0 Å². The summed E-state index contributed by atoms with van der Waals surface area (Å²) in [6.45, 7) is 9.83. The zero-order valence-electron chi connectivity index (χ0n) is 11.9. The molecule has 0 aromatic rings. The second kappa shape index (κ2) is 7.43. The van der Waals surface area contributed by atoms with Crippen LogP contribution in [0.25, 0.3) is 0 Å². The van der Waals surface area contributed by atoms with Crippen LogP contribution < -0.4 is 0 Å². The van der Waals surface area contributed by atoms with Crippen LogP contribution in [0.5, 0.6) is 0 Å². The summed E-state index contributed by atoms with van der Waals surface area (Å²) in [6, 6.07) is 0.637. The maximum absolute atomic E-state index is 5.83. The minimum Gasteiger partial charge on any atom is -0.383 e. The first-order chi connectivity index (χ1) is 8.79. The molecular weight excluding hydrogens is 228 g/mol. The molecule has 4 nitrogen and oxygen atoms in total. The summed E-state index contributed by atoms with van der Waals surface area (Å²) in [5.74, 6) is 0. The van der Waals surface area contributed by atoms with Gasteiger partial charge in [0.2, 0.25) is 0 Å². The summed E-state index contributed by atoms with van der Waals surface area (Å²) in [4.78, 5) is 5.10. The average molecular weight is 256 g/mol. The molecule has 0 amide bonds. The monoisotopic (exact) mass is 256 g/mol. The Morgan fingerprint density at radius 3 is 2.83 bits per heavy atom. The van der Waals surface area contributed by atoms with E-state index < -0.39 is 0 Å². The van der Waals surface area contributed by atoms with Gasteiger partial charge in [0, 0.05) is 52.5 Å². The van der Waals surface area contributed by atoms with E-state index in [0.717, 1.165) is 32.8 Å². The summed E-state index contributed by atoms with van der Waals surface area (Å²) in [6.07, 6.45) is 4.32. The maximum Gasteiger partial charge on any atom is 0.0702 e. The van der Waals surface area contributed by atoms with E-state index in [-0.39, 0.29) is 0 Å². The molecule has 2 rings (SSSR count). The first-order valence-corrected chi connectivity index (χ1v) is 7.36. The van der Waals surface area contributed by atoms with E-state index in [1.165, 1.54) is 32.4 Å². The second-order valence-electron chi connectivity index (χ2n) is 5.63. The molecule has 2 heterocycles. The van der Waals surface area contributed by atoms with Crippen molar-refractivity contribution in [2.75, 3.05) is 53.0 Å². The van der Waals surface area contributed by atoms with Crippen molar-refractivity contribution >= 4 is 0 Å². The van der Waals surface area contributed by atoms with Gasteiger partial charge in [-0.25, -0.2) is 0 Å². The number of piperazine rings is 1. The van der Waals surface area contributed by atoms with Crippen LogP contribution in [0.2, 0.25) is 0 Å². The fraction of sp³-hybridized carbons (Fsp3) is 1.00. The van der Waals surface area contributed by atoms with Crippen molar-refractivity contribution in [2.45, 2.75) is 38.3 Å². The fourth-order valence-electron chi connectivity index (χ4n) is 3.02. The topological polar surface area (TPSA) is 24.9 Å².